The molecule has 0 spiro atoms. The Morgan fingerprint density at radius 2 is 1.74 bits per heavy atom. The first-order valence-electron chi connectivity index (χ1n) is 18.5. The van der Waals surface area contributed by atoms with E-state index < -0.39 is 12.2 Å². The van der Waals surface area contributed by atoms with E-state index in [2.05, 4.69) is 35.4 Å². The summed E-state index contributed by atoms with van der Waals surface area (Å²) in [5.41, 5.74) is 4.72. The second-order valence-electron chi connectivity index (χ2n) is 14.3. The van der Waals surface area contributed by atoms with E-state index >= 15 is 0 Å². The average molecular weight is 722 g/mol. The fourth-order valence-corrected chi connectivity index (χ4v) is 7.58. The summed E-state index contributed by atoms with van der Waals surface area (Å²) in [4.78, 5) is 65.9. The van der Waals surface area contributed by atoms with Crippen LogP contribution in [0, 0.1) is 5.92 Å². The molecule has 4 aromatic rings. The van der Waals surface area contributed by atoms with E-state index in [0.717, 1.165) is 86.3 Å². The Balaban J connectivity index is 0.770. The Labute approximate surface area is 306 Å². The summed E-state index contributed by atoms with van der Waals surface area (Å²) in [5, 5.41) is 5.50. The van der Waals surface area contributed by atoms with Crippen molar-refractivity contribution >= 4 is 34.4 Å². The number of ether oxygens (including phenoxy) is 3. The highest BCUT2D eigenvalue weighted by molar-refractivity contribution is 5.98. The second-order valence-corrected chi connectivity index (χ2v) is 14.3. The minimum absolute atomic E-state index is 0.00354. The van der Waals surface area contributed by atoms with Crippen LogP contribution in [0.5, 0.6) is 17.2 Å². The first-order chi connectivity index (χ1) is 25.8. The molecule has 2 saturated heterocycles. The Bertz CT molecular complexity index is 2070. The molecule has 2 unspecified atom stereocenters. The number of fused-ring (bicyclic) bond motifs is 2. The standard InChI is InChI=1S/C39H43N7O7/c1-2-24-18-31-32(43-36(24)48)17-23(20-40-31)22-45-13-15-46(16-14-45)26-5-10-30(41-21-26)38(50)42-25-3-6-27(7-4-25)51-28-8-11-33-34(19-28)53-39(52-33)29-9-12-35(47)44-37(29)49/h5,8,10-11,17-21,25,27,29,39H,2-4,6-7,9,12-16,22H2,1H3,(H,42,50)(H,43,48)(H,44,47,49). The van der Waals surface area contributed by atoms with Crippen LogP contribution in [0.2, 0.25) is 0 Å². The van der Waals surface area contributed by atoms with Crippen molar-refractivity contribution in [2.45, 2.75) is 76.9 Å². The Kier molecular flexibility index (Phi) is 9.69. The van der Waals surface area contributed by atoms with Gasteiger partial charge in [-0.05, 0) is 80.5 Å². The number of imide groups is 1. The lowest BCUT2D eigenvalue weighted by Crippen LogP contribution is -2.47. The van der Waals surface area contributed by atoms with E-state index in [1.807, 2.05) is 37.4 Å². The van der Waals surface area contributed by atoms with Crippen LogP contribution < -0.4 is 35.3 Å². The number of H-pyrrole nitrogens is 1. The summed E-state index contributed by atoms with van der Waals surface area (Å²) < 4.78 is 18.0. The maximum atomic E-state index is 13.1. The number of benzene rings is 1. The number of hydrogen-bond donors (Lipinski definition) is 3. The first-order valence-corrected chi connectivity index (χ1v) is 18.5. The third kappa shape index (κ3) is 7.68. The van der Waals surface area contributed by atoms with Gasteiger partial charge in [-0.15, -0.1) is 0 Å². The van der Waals surface area contributed by atoms with Crippen molar-refractivity contribution in [3.63, 3.8) is 0 Å². The van der Waals surface area contributed by atoms with Gasteiger partial charge in [0.15, 0.2) is 11.5 Å². The van der Waals surface area contributed by atoms with Crippen LogP contribution in [0.1, 0.15) is 67.1 Å². The molecule has 53 heavy (non-hydrogen) atoms. The Morgan fingerprint density at radius 1 is 0.925 bits per heavy atom. The van der Waals surface area contributed by atoms with Gasteiger partial charge in [-0.2, -0.15) is 0 Å². The smallest absolute Gasteiger partial charge is 0.270 e. The minimum atomic E-state index is -0.773. The van der Waals surface area contributed by atoms with Gasteiger partial charge in [0.25, 0.3) is 17.8 Å². The Hall–Kier alpha value is -5.50. The number of piperidine rings is 1. The fourth-order valence-electron chi connectivity index (χ4n) is 7.58. The van der Waals surface area contributed by atoms with Gasteiger partial charge in [0.2, 0.25) is 11.8 Å². The van der Waals surface area contributed by atoms with Gasteiger partial charge in [-0.3, -0.25) is 34.4 Å². The molecule has 3 aromatic heterocycles. The first kappa shape index (κ1) is 34.6. The van der Waals surface area contributed by atoms with E-state index in [9.17, 15) is 19.2 Å². The van der Waals surface area contributed by atoms with Gasteiger partial charge >= 0.3 is 0 Å². The molecule has 1 aliphatic carbocycles. The van der Waals surface area contributed by atoms with Crippen molar-refractivity contribution in [2.24, 2.45) is 5.92 Å². The molecule has 2 atom stereocenters. The number of aryl methyl sites for hydroxylation is 1. The molecule has 1 aromatic carbocycles. The normalized spacial score (nSPS) is 23.2. The summed E-state index contributed by atoms with van der Waals surface area (Å²) in [5.74, 6) is 0.320. The molecule has 1 saturated carbocycles. The molecule has 0 radical (unpaired) electrons. The van der Waals surface area contributed by atoms with E-state index in [-0.39, 0.29) is 41.8 Å². The zero-order valence-electron chi connectivity index (χ0n) is 29.6. The molecule has 14 nitrogen and oxygen atoms in total. The molecule has 8 rings (SSSR count). The number of nitrogens with one attached hydrogen (secondary N) is 3. The van der Waals surface area contributed by atoms with Crippen LogP contribution in [-0.4, -0.2) is 82.2 Å². The predicted octanol–water partition coefficient (Wildman–Crippen LogP) is 3.47. The largest absolute Gasteiger partial charge is 0.490 e. The zero-order chi connectivity index (χ0) is 36.5. The summed E-state index contributed by atoms with van der Waals surface area (Å²) >= 11 is 0. The van der Waals surface area contributed by atoms with E-state index in [4.69, 9.17) is 14.2 Å². The van der Waals surface area contributed by atoms with Gasteiger partial charge in [0, 0.05) is 63.0 Å². The maximum Gasteiger partial charge on any atom is 0.270 e. The van der Waals surface area contributed by atoms with Crippen molar-refractivity contribution in [3.05, 3.63) is 82.0 Å². The predicted molar refractivity (Wildman–Crippen MR) is 195 cm³/mol. The number of hydrogen-bond acceptors (Lipinski definition) is 11. The molecular weight excluding hydrogens is 678 g/mol. The van der Waals surface area contributed by atoms with Crippen molar-refractivity contribution in [3.8, 4) is 17.2 Å². The fraction of sp³-hybridized carbons (Fsp3) is 0.436. The monoisotopic (exact) mass is 721 g/mol. The number of pyridine rings is 3. The highest BCUT2D eigenvalue weighted by Crippen LogP contribution is 2.41. The van der Waals surface area contributed by atoms with E-state index in [1.165, 1.54) is 0 Å². The minimum Gasteiger partial charge on any atom is -0.490 e. The van der Waals surface area contributed by atoms with Crippen molar-refractivity contribution in [1.29, 1.82) is 0 Å². The number of amides is 3. The molecule has 3 fully saturated rings. The summed E-state index contributed by atoms with van der Waals surface area (Å²) in [6.07, 6.45) is 7.35. The summed E-state index contributed by atoms with van der Waals surface area (Å²) in [6, 6.07) is 13.1. The number of piperazine rings is 1. The molecule has 3 aliphatic heterocycles. The molecular formula is C39H43N7O7. The molecule has 4 aliphatic rings. The van der Waals surface area contributed by atoms with Crippen LogP contribution in [0.25, 0.3) is 11.0 Å². The third-order valence-corrected chi connectivity index (χ3v) is 10.7. The maximum absolute atomic E-state index is 13.1. The number of nitrogens with zero attached hydrogens (tertiary/aromatic N) is 4. The third-order valence-electron chi connectivity index (χ3n) is 10.7. The van der Waals surface area contributed by atoms with Crippen LogP contribution in [-0.2, 0) is 22.6 Å². The number of aromatic nitrogens is 3. The lowest BCUT2D eigenvalue weighted by Gasteiger charge is -2.36. The number of rotatable bonds is 9. The van der Waals surface area contributed by atoms with Gasteiger partial charge in [0.1, 0.15) is 17.4 Å². The number of anilines is 1. The number of carbonyl (C=O) groups is 3. The molecule has 276 valence electrons. The van der Waals surface area contributed by atoms with Crippen molar-refractivity contribution < 1.29 is 28.6 Å². The SMILES string of the molecule is CCc1cc2ncc(CN3CCN(c4ccc(C(=O)NC5CCC(Oc6ccc7c(c6)OC(C6CCC(=O)NC6=O)O7)CC5)nc4)CC3)cc2[nH]c1=O. The van der Waals surface area contributed by atoms with Crippen LogP contribution >= 0.6 is 0 Å². The van der Waals surface area contributed by atoms with E-state index in [1.54, 1.807) is 24.4 Å². The van der Waals surface area contributed by atoms with Gasteiger partial charge in [-0.1, -0.05) is 6.92 Å². The van der Waals surface area contributed by atoms with Gasteiger partial charge in [0.05, 0.1) is 29.0 Å². The van der Waals surface area contributed by atoms with Crippen LogP contribution in [0.4, 0.5) is 5.69 Å². The highest BCUT2D eigenvalue weighted by Gasteiger charge is 2.40. The van der Waals surface area contributed by atoms with E-state index in [0.29, 0.717) is 35.8 Å². The van der Waals surface area contributed by atoms with Gasteiger partial charge < -0.3 is 29.4 Å². The van der Waals surface area contributed by atoms with Crippen LogP contribution in [0.15, 0.2) is 59.7 Å². The zero-order valence-corrected chi connectivity index (χ0v) is 29.6. The van der Waals surface area contributed by atoms with Crippen molar-refractivity contribution in [1.82, 2.24) is 30.5 Å². The molecule has 14 heteroatoms. The molecule has 0 bridgehead atoms. The lowest BCUT2D eigenvalue weighted by atomic mass is 9.92. The molecule has 6 heterocycles. The average Bonchev–Trinajstić information content (AvgIpc) is 3.59. The Morgan fingerprint density at radius 3 is 2.49 bits per heavy atom. The second kappa shape index (κ2) is 14.9. The molecule has 3 amide bonds. The summed E-state index contributed by atoms with van der Waals surface area (Å²) in [6.45, 7) is 6.14. The lowest BCUT2D eigenvalue weighted by molar-refractivity contribution is -0.143. The van der Waals surface area contributed by atoms with Crippen LogP contribution in [0.3, 0.4) is 0 Å². The van der Waals surface area contributed by atoms with Gasteiger partial charge in [-0.25, -0.2) is 4.98 Å². The van der Waals surface area contributed by atoms with Crippen molar-refractivity contribution in [2.75, 3.05) is 31.1 Å². The highest BCUT2D eigenvalue weighted by atomic mass is 16.7. The number of aromatic amines is 1. The summed E-state index contributed by atoms with van der Waals surface area (Å²) in [7, 11) is 0. The number of carbonyl (C=O) groups excluding carboxylic acids is 3. The molecule has 3 N–H and O–H groups in total. The topological polar surface area (TPSA) is 168 Å². The quantitative estimate of drug-likeness (QED) is 0.217.